The van der Waals surface area contributed by atoms with Crippen molar-refractivity contribution in [2.45, 2.75) is 19.4 Å². The molecule has 0 spiro atoms. The van der Waals surface area contributed by atoms with E-state index in [1.54, 1.807) is 0 Å². The number of aryl methyl sites for hydroxylation is 1. The van der Waals surface area contributed by atoms with Gasteiger partial charge in [-0.15, -0.1) is 0 Å². The van der Waals surface area contributed by atoms with Gasteiger partial charge in [-0.25, -0.2) is 4.98 Å². The van der Waals surface area contributed by atoms with Gasteiger partial charge >= 0.3 is 0 Å². The maximum atomic E-state index is 4.64. The van der Waals surface area contributed by atoms with Gasteiger partial charge in [-0.3, -0.25) is 4.98 Å². The fraction of sp³-hybridized carbons (Fsp3) is 0.294. The van der Waals surface area contributed by atoms with E-state index in [4.69, 9.17) is 0 Å². The van der Waals surface area contributed by atoms with Crippen molar-refractivity contribution in [3.05, 3.63) is 60.4 Å². The Morgan fingerprint density at radius 3 is 2.76 bits per heavy atom. The minimum Gasteiger partial charge on any atom is -0.338 e. The Kier molecular flexibility index (Phi) is 3.97. The first kappa shape index (κ1) is 13.8. The Morgan fingerprint density at radius 2 is 2.00 bits per heavy atom. The molecule has 1 atom stereocenters. The van der Waals surface area contributed by atoms with E-state index in [-0.39, 0.29) is 6.04 Å². The number of imidazole rings is 1. The monoisotopic (exact) mass is 280 g/mol. The number of rotatable bonds is 5. The number of aromatic nitrogens is 3. The Balaban J connectivity index is 2.01. The van der Waals surface area contributed by atoms with Crippen LogP contribution in [0.25, 0.3) is 10.8 Å². The van der Waals surface area contributed by atoms with Crippen molar-refractivity contribution < 1.29 is 0 Å². The van der Waals surface area contributed by atoms with Gasteiger partial charge in [-0.2, -0.15) is 0 Å². The van der Waals surface area contributed by atoms with Crippen LogP contribution in [0.4, 0.5) is 0 Å². The van der Waals surface area contributed by atoms with Gasteiger partial charge < -0.3 is 9.88 Å². The van der Waals surface area contributed by atoms with E-state index in [1.807, 2.05) is 25.6 Å². The largest absolute Gasteiger partial charge is 0.338 e. The molecule has 0 fully saturated rings. The van der Waals surface area contributed by atoms with Crippen molar-refractivity contribution in [3.8, 4) is 0 Å². The first-order chi connectivity index (χ1) is 10.3. The van der Waals surface area contributed by atoms with E-state index in [0.717, 1.165) is 24.5 Å². The molecule has 0 saturated heterocycles. The molecule has 1 unspecified atom stereocenters. The predicted molar refractivity (Wildman–Crippen MR) is 85.1 cm³/mol. The van der Waals surface area contributed by atoms with Crippen LogP contribution in [0.15, 0.2) is 48.9 Å². The van der Waals surface area contributed by atoms with Gasteiger partial charge in [0.15, 0.2) is 0 Å². The van der Waals surface area contributed by atoms with Crippen LogP contribution in [-0.4, -0.2) is 21.1 Å². The molecule has 0 amide bonds. The molecule has 0 aliphatic heterocycles. The number of nitrogens with one attached hydrogen (secondary N) is 1. The zero-order valence-corrected chi connectivity index (χ0v) is 12.5. The molecule has 0 aliphatic carbocycles. The second-order valence-electron chi connectivity index (χ2n) is 5.19. The molecule has 0 bridgehead atoms. The molecule has 4 heteroatoms. The Bertz CT molecular complexity index is 727. The van der Waals surface area contributed by atoms with Gasteiger partial charge in [0.05, 0.1) is 11.7 Å². The second-order valence-corrected chi connectivity index (χ2v) is 5.19. The van der Waals surface area contributed by atoms with Crippen molar-refractivity contribution >= 4 is 10.8 Å². The Morgan fingerprint density at radius 1 is 1.14 bits per heavy atom. The lowest BCUT2D eigenvalue weighted by Crippen LogP contribution is -2.25. The lowest BCUT2D eigenvalue weighted by Gasteiger charge is -2.19. The van der Waals surface area contributed by atoms with Crippen LogP contribution in [0.3, 0.4) is 0 Å². The van der Waals surface area contributed by atoms with E-state index in [9.17, 15) is 0 Å². The minimum absolute atomic E-state index is 0.169. The van der Waals surface area contributed by atoms with Crippen molar-refractivity contribution in [3.63, 3.8) is 0 Å². The number of pyridine rings is 1. The molecule has 108 valence electrons. The van der Waals surface area contributed by atoms with Gasteiger partial charge in [-0.05, 0) is 18.0 Å². The van der Waals surface area contributed by atoms with E-state index in [0.29, 0.717) is 0 Å². The first-order valence-electron chi connectivity index (χ1n) is 7.33. The fourth-order valence-corrected chi connectivity index (χ4v) is 2.71. The van der Waals surface area contributed by atoms with Crippen LogP contribution < -0.4 is 5.32 Å². The summed E-state index contributed by atoms with van der Waals surface area (Å²) in [6.07, 6.45) is 6.54. The average molecular weight is 280 g/mol. The number of nitrogens with zero attached hydrogens (tertiary/aromatic N) is 3. The highest BCUT2D eigenvalue weighted by atomic mass is 15.0. The summed E-state index contributed by atoms with van der Waals surface area (Å²) in [5.41, 5.74) is 1.10. The molecular formula is C17H20N4. The zero-order chi connectivity index (χ0) is 14.7. The molecule has 3 aromatic rings. The van der Waals surface area contributed by atoms with Crippen molar-refractivity contribution in [2.24, 2.45) is 7.05 Å². The van der Waals surface area contributed by atoms with Gasteiger partial charge in [0.2, 0.25) is 0 Å². The third kappa shape index (κ3) is 2.81. The lowest BCUT2D eigenvalue weighted by molar-refractivity contribution is 0.521. The summed E-state index contributed by atoms with van der Waals surface area (Å²) in [5, 5.41) is 5.98. The summed E-state index contributed by atoms with van der Waals surface area (Å²) in [6.45, 7) is 3.02. The normalized spacial score (nSPS) is 12.7. The summed E-state index contributed by atoms with van der Waals surface area (Å²) in [4.78, 5) is 9.08. The van der Waals surface area contributed by atoms with Crippen molar-refractivity contribution in [2.75, 3.05) is 6.54 Å². The zero-order valence-electron chi connectivity index (χ0n) is 12.5. The second kappa shape index (κ2) is 6.06. The fourth-order valence-electron chi connectivity index (χ4n) is 2.71. The Labute approximate surface area is 124 Å². The standard InChI is InChI=1S/C17H20N4/c1-3-18-15(12-16-19-10-11-21(16)2)17-14-7-5-4-6-13(14)8-9-20-17/h4-11,15,18H,3,12H2,1-2H3. The quantitative estimate of drug-likeness (QED) is 0.781. The third-order valence-electron chi connectivity index (χ3n) is 3.79. The topological polar surface area (TPSA) is 42.7 Å². The van der Waals surface area contributed by atoms with E-state index in [1.165, 1.54) is 10.8 Å². The van der Waals surface area contributed by atoms with Crippen molar-refractivity contribution in [1.29, 1.82) is 0 Å². The molecule has 2 aromatic heterocycles. The number of hydrogen-bond acceptors (Lipinski definition) is 3. The molecule has 1 aromatic carbocycles. The van der Waals surface area contributed by atoms with Crippen LogP contribution >= 0.6 is 0 Å². The minimum atomic E-state index is 0.169. The number of benzene rings is 1. The van der Waals surface area contributed by atoms with Gasteiger partial charge in [0.25, 0.3) is 0 Å². The Hall–Kier alpha value is -2.20. The van der Waals surface area contributed by atoms with Crippen LogP contribution in [0, 0.1) is 0 Å². The summed E-state index contributed by atoms with van der Waals surface area (Å²) in [7, 11) is 2.03. The molecule has 1 N–H and O–H groups in total. The third-order valence-corrected chi connectivity index (χ3v) is 3.79. The maximum Gasteiger partial charge on any atom is 0.110 e. The summed E-state index contributed by atoms with van der Waals surface area (Å²) < 4.78 is 2.06. The highest BCUT2D eigenvalue weighted by Crippen LogP contribution is 2.24. The highest BCUT2D eigenvalue weighted by Gasteiger charge is 2.17. The predicted octanol–water partition coefficient (Wildman–Crippen LogP) is 2.86. The molecule has 4 nitrogen and oxygen atoms in total. The molecule has 0 aliphatic rings. The molecule has 0 radical (unpaired) electrons. The SMILES string of the molecule is CCNC(Cc1nccn1C)c1nccc2ccccc12. The molecular weight excluding hydrogens is 260 g/mol. The number of fused-ring (bicyclic) bond motifs is 1. The smallest absolute Gasteiger partial charge is 0.110 e. The van der Waals surface area contributed by atoms with E-state index < -0.39 is 0 Å². The number of hydrogen-bond donors (Lipinski definition) is 1. The average Bonchev–Trinajstić information content (AvgIpc) is 2.91. The molecule has 3 rings (SSSR count). The van der Waals surface area contributed by atoms with Gasteiger partial charge in [0.1, 0.15) is 5.82 Å². The molecule has 21 heavy (non-hydrogen) atoms. The van der Waals surface area contributed by atoms with Crippen LogP contribution in [-0.2, 0) is 13.5 Å². The van der Waals surface area contributed by atoms with Gasteiger partial charge in [0, 0.05) is 37.4 Å². The van der Waals surface area contributed by atoms with Crippen LogP contribution in [0.1, 0.15) is 24.5 Å². The summed E-state index contributed by atoms with van der Waals surface area (Å²) in [5.74, 6) is 1.07. The molecule has 0 saturated carbocycles. The maximum absolute atomic E-state index is 4.64. The summed E-state index contributed by atoms with van der Waals surface area (Å²) in [6, 6.07) is 10.6. The van der Waals surface area contributed by atoms with Crippen LogP contribution in [0.2, 0.25) is 0 Å². The lowest BCUT2D eigenvalue weighted by atomic mass is 10.0. The highest BCUT2D eigenvalue weighted by molar-refractivity contribution is 5.84. The van der Waals surface area contributed by atoms with Crippen LogP contribution in [0.5, 0.6) is 0 Å². The van der Waals surface area contributed by atoms with E-state index >= 15 is 0 Å². The first-order valence-corrected chi connectivity index (χ1v) is 7.33. The molecule has 2 heterocycles. The van der Waals surface area contributed by atoms with Crippen molar-refractivity contribution in [1.82, 2.24) is 19.9 Å². The van der Waals surface area contributed by atoms with Gasteiger partial charge in [-0.1, -0.05) is 31.2 Å². The number of likely N-dealkylation sites (N-methyl/N-ethyl adjacent to an activating group) is 1. The summed E-state index contributed by atoms with van der Waals surface area (Å²) >= 11 is 0. The van der Waals surface area contributed by atoms with E-state index in [2.05, 4.69) is 57.1 Å².